The van der Waals surface area contributed by atoms with Gasteiger partial charge in [0.15, 0.2) is 0 Å². The highest BCUT2D eigenvalue weighted by Gasteiger charge is 2.21. The lowest BCUT2D eigenvalue weighted by atomic mass is 10.0. The van der Waals surface area contributed by atoms with E-state index >= 15 is 0 Å². The smallest absolute Gasteiger partial charge is 0.341 e. The number of carbonyl (C=O) groups is 2. The first-order valence-electron chi connectivity index (χ1n) is 5.08. The molecule has 0 heterocycles. The molecule has 0 atom stereocenters. The molecule has 0 aliphatic carbocycles. The zero-order chi connectivity index (χ0) is 13.7. The summed E-state index contributed by atoms with van der Waals surface area (Å²) >= 11 is 0. The molecular weight excluding hydrogens is 240 g/mol. The lowest BCUT2D eigenvalue weighted by molar-refractivity contribution is -0.136. The Balaban J connectivity index is 3.41. The fourth-order valence-corrected chi connectivity index (χ4v) is 1.56. The normalized spacial score (nSPS) is 9.72. The second kappa shape index (κ2) is 5.90. The van der Waals surface area contributed by atoms with E-state index in [1.54, 1.807) is 0 Å². The lowest BCUT2D eigenvalue weighted by Gasteiger charge is -2.13. The average Bonchev–Trinajstić information content (AvgIpc) is 2.36. The number of carboxylic acid groups (broad SMARTS) is 1. The second-order valence-electron chi connectivity index (χ2n) is 3.43. The van der Waals surface area contributed by atoms with Crippen molar-refractivity contribution >= 4 is 11.9 Å². The first kappa shape index (κ1) is 13.8. The number of aliphatic carboxylic acids is 1. The highest BCUT2D eigenvalue weighted by molar-refractivity contribution is 5.95. The van der Waals surface area contributed by atoms with Crippen molar-refractivity contribution in [2.45, 2.75) is 6.42 Å². The molecule has 1 N–H and O–H groups in total. The van der Waals surface area contributed by atoms with Crippen LogP contribution in [0.15, 0.2) is 12.1 Å². The van der Waals surface area contributed by atoms with Crippen LogP contribution in [0, 0.1) is 0 Å². The van der Waals surface area contributed by atoms with E-state index in [1.807, 2.05) is 0 Å². The molecule has 0 radical (unpaired) electrons. The first-order valence-corrected chi connectivity index (χ1v) is 5.08. The highest BCUT2D eigenvalue weighted by atomic mass is 16.5. The number of rotatable bonds is 5. The van der Waals surface area contributed by atoms with Crippen molar-refractivity contribution < 1.29 is 28.9 Å². The Kier molecular flexibility index (Phi) is 4.53. The van der Waals surface area contributed by atoms with Gasteiger partial charge < -0.3 is 19.3 Å². The summed E-state index contributed by atoms with van der Waals surface area (Å²) in [6, 6.07) is 2.97. The van der Waals surface area contributed by atoms with Gasteiger partial charge in [0.1, 0.15) is 17.1 Å². The molecule has 18 heavy (non-hydrogen) atoms. The molecule has 0 fully saturated rings. The average molecular weight is 254 g/mol. The molecule has 0 aliphatic heterocycles. The van der Waals surface area contributed by atoms with E-state index in [2.05, 4.69) is 4.74 Å². The minimum absolute atomic E-state index is 0.100. The van der Waals surface area contributed by atoms with Crippen molar-refractivity contribution in [1.82, 2.24) is 0 Å². The van der Waals surface area contributed by atoms with Gasteiger partial charge in [-0.25, -0.2) is 4.79 Å². The van der Waals surface area contributed by atoms with E-state index in [0.29, 0.717) is 5.75 Å². The third-order valence-corrected chi connectivity index (χ3v) is 2.34. The topological polar surface area (TPSA) is 82.1 Å². The maximum absolute atomic E-state index is 11.7. The van der Waals surface area contributed by atoms with Crippen molar-refractivity contribution in [3.8, 4) is 11.5 Å². The fourth-order valence-electron chi connectivity index (χ4n) is 1.56. The first-order chi connectivity index (χ1) is 8.53. The SMILES string of the molecule is COC(=O)c1c(CC(=O)O)cc(OC)cc1OC. The Morgan fingerprint density at radius 2 is 1.83 bits per heavy atom. The summed E-state index contributed by atoms with van der Waals surface area (Å²) in [7, 11) is 4.04. The van der Waals surface area contributed by atoms with Crippen molar-refractivity contribution in [3.63, 3.8) is 0 Å². The van der Waals surface area contributed by atoms with Crippen molar-refractivity contribution in [2.75, 3.05) is 21.3 Å². The third-order valence-electron chi connectivity index (χ3n) is 2.34. The second-order valence-corrected chi connectivity index (χ2v) is 3.43. The van der Waals surface area contributed by atoms with Crippen LogP contribution in [0.5, 0.6) is 11.5 Å². The summed E-state index contributed by atoms with van der Waals surface area (Å²) in [4.78, 5) is 22.5. The molecule has 1 aromatic rings. The van der Waals surface area contributed by atoms with Crippen LogP contribution in [0.1, 0.15) is 15.9 Å². The van der Waals surface area contributed by atoms with Crippen LogP contribution in [0.3, 0.4) is 0 Å². The minimum atomic E-state index is -1.06. The van der Waals surface area contributed by atoms with Crippen LogP contribution in [0.2, 0.25) is 0 Å². The molecule has 0 spiro atoms. The molecule has 0 amide bonds. The summed E-state index contributed by atoms with van der Waals surface area (Å²) in [6.45, 7) is 0. The number of benzene rings is 1. The molecule has 6 nitrogen and oxygen atoms in total. The van der Waals surface area contributed by atoms with Crippen LogP contribution in [0.25, 0.3) is 0 Å². The predicted molar refractivity (Wildman–Crippen MR) is 62.2 cm³/mol. The minimum Gasteiger partial charge on any atom is -0.497 e. The van der Waals surface area contributed by atoms with E-state index in [4.69, 9.17) is 14.6 Å². The Bertz CT molecular complexity index is 466. The van der Waals surface area contributed by atoms with E-state index in [1.165, 1.54) is 33.5 Å². The number of ether oxygens (including phenoxy) is 3. The Labute approximate surface area is 104 Å². The highest BCUT2D eigenvalue weighted by Crippen LogP contribution is 2.29. The summed E-state index contributed by atoms with van der Waals surface area (Å²) < 4.78 is 14.7. The van der Waals surface area contributed by atoms with Gasteiger partial charge in [-0.05, 0) is 11.6 Å². The molecule has 1 aromatic carbocycles. The fraction of sp³-hybridized carbons (Fsp3) is 0.333. The molecule has 1 rings (SSSR count). The van der Waals surface area contributed by atoms with Crippen LogP contribution in [-0.4, -0.2) is 38.4 Å². The van der Waals surface area contributed by atoms with Crippen LogP contribution < -0.4 is 9.47 Å². The Hall–Kier alpha value is -2.24. The summed E-state index contributed by atoms with van der Waals surface area (Å²) in [5.74, 6) is -1.07. The van der Waals surface area contributed by atoms with E-state index < -0.39 is 11.9 Å². The van der Waals surface area contributed by atoms with Gasteiger partial charge in [-0.15, -0.1) is 0 Å². The van der Waals surface area contributed by atoms with Gasteiger partial charge in [0.2, 0.25) is 0 Å². The monoisotopic (exact) mass is 254 g/mol. The number of methoxy groups -OCH3 is 3. The van der Waals surface area contributed by atoms with Gasteiger partial charge in [-0.2, -0.15) is 0 Å². The molecule has 98 valence electrons. The largest absolute Gasteiger partial charge is 0.497 e. The quantitative estimate of drug-likeness (QED) is 0.793. The molecular formula is C12H14O6. The number of hydrogen-bond acceptors (Lipinski definition) is 5. The van der Waals surface area contributed by atoms with Gasteiger partial charge in [-0.1, -0.05) is 0 Å². The maximum atomic E-state index is 11.7. The summed E-state index contributed by atoms with van der Waals surface area (Å²) in [5.41, 5.74) is 0.383. The Morgan fingerprint density at radius 3 is 2.28 bits per heavy atom. The van der Waals surface area contributed by atoms with Gasteiger partial charge in [0, 0.05) is 6.07 Å². The van der Waals surface area contributed by atoms with E-state index in [0.717, 1.165) is 0 Å². The molecule has 6 heteroatoms. The zero-order valence-corrected chi connectivity index (χ0v) is 10.4. The van der Waals surface area contributed by atoms with Crippen molar-refractivity contribution in [3.05, 3.63) is 23.3 Å². The zero-order valence-electron chi connectivity index (χ0n) is 10.4. The molecule has 0 saturated heterocycles. The van der Waals surface area contributed by atoms with Crippen LogP contribution in [0.4, 0.5) is 0 Å². The van der Waals surface area contributed by atoms with Gasteiger partial charge in [0.25, 0.3) is 0 Å². The number of carboxylic acids is 1. The van der Waals surface area contributed by atoms with E-state index in [-0.39, 0.29) is 23.3 Å². The van der Waals surface area contributed by atoms with Gasteiger partial charge in [-0.3, -0.25) is 4.79 Å². The molecule has 0 aliphatic rings. The molecule has 0 aromatic heterocycles. The Morgan fingerprint density at radius 1 is 1.17 bits per heavy atom. The molecule has 0 saturated carbocycles. The van der Waals surface area contributed by atoms with Crippen molar-refractivity contribution in [2.24, 2.45) is 0 Å². The van der Waals surface area contributed by atoms with Crippen LogP contribution in [-0.2, 0) is 16.0 Å². The van der Waals surface area contributed by atoms with Gasteiger partial charge >= 0.3 is 11.9 Å². The van der Waals surface area contributed by atoms with E-state index in [9.17, 15) is 9.59 Å². The predicted octanol–water partition coefficient (Wildman–Crippen LogP) is 1.12. The molecule has 0 unspecified atom stereocenters. The number of carbonyl (C=O) groups excluding carboxylic acids is 1. The van der Waals surface area contributed by atoms with Crippen LogP contribution >= 0.6 is 0 Å². The maximum Gasteiger partial charge on any atom is 0.341 e. The van der Waals surface area contributed by atoms with Gasteiger partial charge in [0.05, 0.1) is 27.8 Å². The third kappa shape index (κ3) is 2.91. The summed E-state index contributed by atoms with van der Waals surface area (Å²) in [5, 5.41) is 8.84. The standard InChI is InChI=1S/C12H14O6/c1-16-8-4-7(5-10(13)14)11(12(15)18-3)9(6-8)17-2/h4,6H,5H2,1-3H3,(H,13,14). The number of esters is 1. The summed E-state index contributed by atoms with van der Waals surface area (Å²) in [6.07, 6.45) is -0.321. The number of hydrogen-bond donors (Lipinski definition) is 1. The lowest BCUT2D eigenvalue weighted by Crippen LogP contribution is -2.12. The van der Waals surface area contributed by atoms with Crippen molar-refractivity contribution in [1.29, 1.82) is 0 Å². The molecule has 0 bridgehead atoms.